The topological polar surface area (TPSA) is 58.4 Å². The second-order valence-electron chi connectivity index (χ2n) is 5.17. The molecule has 3 N–H and O–H groups in total. The Morgan fingerprint density at radius 1 is 1.35 bits per heavy atom. The zero-order valence-corrected chi connectivity index (χ0v) is 11.6. The molecule has 2 rings (SSSR count). The Morgan fingerprint density at radius 2 is 2.10 bits per heavy atom. The Bertz CT molecular complexity index is 448. The maximum Gasteiger partial charge on any atom is 0.221 e. The summed E-state index contributed by atoms with van der Waals surface area (Å²) in [5.41, 5.74) is 6.07. The van der Waals surface area contributed by atoms with Crippen molar-refractivity contribution in [2.24, 2.45) is 5.73 Å². The summed E-state index contributed by atoms with van der Waals surface area (Å²) in [6, 6.07) is 7.02. The summed E-state index contributed by atoms with van der Waals surface area (Å²) in [5.74, 6) is -0.214. The highest BCUT2D eigenvalue weighted by molar-refractivity contribution is 5.77. The van der Waals surface area contributed by atoms with Crippen LogP contribution in [0.15, 0.2) is 24.3 Å². The van der Waals surface area contributed by atoms with Gasteiger partial charge in [-0.15, -0.1) is 0 Å². The molecule has 0 spiro atoms. The Morgan fingerprint density at radius 3 is 2.75 bits per heavy atom. The predicted octanol–water partition coefficient (Wildman–Crippen LogP) is 1.65. The molecular formula is C15H22FN3O. The van der Waals surface area contributed by atoms with Crippen LogP contribution in [0.4, 0.5) is 10.1 Å². The van der Waals surface area contributed by atoms with E-state index in [0.29, 0.717) is 37.8 Å². The van der Waals surface area contributed by atoms with Gasteiger partial charge in [0.1, 0.15) is 5.82 Å². The summed E-state index contributed by atoms with van der Waals surface area (Å²) in [6.07, 6.45) is 3.32. The molecule has 0 unspecified atom stereocenters. The van der Waals surface area contributed by atoms with Crippen molar-refractivity contribution in [2.45, 2.75) is 31.7 Å². The molecule has 1 aromatic carbocycles. The fraction of sp³-hybridized carbons (Fsp3) is 0.533. The highest BCUT2D eigenvalue weighted by Gasteiger charge is 2.23. The average molecular weight is 279 g/mol. The Balaban J connectivity index is 1.92. The first kappa shape index (κ1) is 14.8. The van der Waals surface area contributed by atoms with Crippen LogP contribution in [0.5, 0.6) is 0 Å². The molecule has 0 saturated heterocycles. The zero-order valence-electron chi connectivity index (χ0n) is 11.6. The number of nitrogens with two attached hydrogens (primary N) is 1. The third kappa shape index (κ3) is 4.49. The number of rotatable bonds is 8. The number of amides is 1. The quantitative estimate of drug-likeness (QED) is 0.760. The van der Waals surface area contributed by atoms with E-state index in [4.69, 9.17) is 5.73 Å². The van der Waals surface area contributed by atoms with Crippen LogP contribution < -0.4 is 16.0 Å². The largest absolute Gasteiger partial charge is 0.369 e. The van der Waals surface area contributed by atoms with Gasteiger partial charge < -0.3 is 16.0 Å². The molecule has 1 amide bonds. The van der Waals surface area contributed by atoms with Crippen LogP contribution in [0.25, 0.3) is 0 Å². The first-order valence-corrected chi connectivity index (χ1v) is 7.19. The molecule has 1 aliphatic rings. The second-order valence-corrected chi connectivity index (χ2v) is 5.17. The molecule has 1 saturated carbocycles. The Labute approximate surface area is 119 Å². The van der Waals surface area contributed by atoms with Crippen molar-refractivity contribution in [1.29, 1.82) is 0 Å². The summed E-state index contributed by atoms with van der Waals surface area (Å²) >= 11 is 0. The molecule has 20 heavy (non-hydrogen) atoms. The fourth-order valence-electron chi connectivity index (χ4n) is 2.11. The van der Waals surface area contributed by atoms with Crippen molar-refractivity contribution in [3.8, 4) is 0 Å². The maximum atomic E-state index is 13.8. The maximum absolute atomic E-state index is 13.8. The van der Waals surface area contributed by atoms with Gasteiger partial charge in [0.15, 0.2) is 0 Å². The van der Waals surface area contributed by atoms with Gasteiger partial charge in [-0.05, 0) is 37.9 Å². The number of benzene rings is 1. The highest BCUT2D eigenvalue weighted by Crippen LogP contribution is 2.20. The van der Waals surface area contributed by atoms with Crippen molar-refractivity contribution in [3.63, 3.8) is 0 Å². The van der Waals surface area contributed by atoms with E-state index < -0.39 is 0 Å². The van der Waals surface area contributed by atoms with E-state index in [1.54, 1.807) is 18.2 Å². The molecule has 0 atom stereocenters. The molecule has 0 aromatic heterocycles. The summed E-state index contributed by atoms with van der Waals surface area (Å²) in [4.78, 5) is 13.6. The number of carbonyl (C=O) groups excluding carboxylic acids is 1. The number of halogens is 1. The Hall–Kier alpha value is -1.62. The van der Waals surface area contributed by atoms with Gasteiger partial charge in [-0.2, -0.15) is 0 Å². The molecule has 0 radical (unpaired) electrons. The molecular weight excluding hydrogens is 257 g/mol. The molecule has 1 fully saturated rings. The molecule has 110 valence electrons. The number of carbonyl (C=O) groups is 1. The lowest BCUT2D eigenvalue weighted by molar-refractivity contribution is -0.121. The van der Waals surface area contributed by atoms with Crippen LogP contribution in [0.1, 0.15) is 25.7 Å². The van der Waals surface area contributed by atoms with Crippen LogP contribution in [0.2, 0.25) is 0 Å². The lowest BCUT2D eigenvalue weighted by Gasteiger charge is -2.25. The number of nitrogens with one attached hydrogen (secondary N) is 1. The minimum Gasteiger partial charge on any atom is -0.369 e. The van der Waals surface area contributed by atoms with E-state index >= 15 is 0 Å². The highest BCUT2D eigenvalue weighted by atomic mass is 19.1. The number of hydrogen-bond acceptors (Lipinski definition) is 3. The van der Waals surface area contributed by atoms with Crippen LogP contribution in [0.3, 0.4) is 0 Å². The smallest absolute Gasteiger partial charge is 0.221 e. The summed E-state index contributed by atoms with van der Waals surface area (Å²) in [5, 5.41) is 2.95. The van der Waals surface area contributed by atoms with Crippen molar-refractivity contribution in [3.05, 3.63) is 30.1 Å². The number of para-hydroxylation sites is 1. The molecule has 0 aliphatic heterocycles. The van der Waals surface area contributed by atoms with Gasteiger partial charge in [0.25, 0.3) is 0 Å². The average Bonchev–Trinajstić information content (AvgIpc) is 3.24. The van der Waals surface area contributed by atoms with Crippen molar-refractivity contribution in [2.75, 3.05) is 24.5 Å². The van der Waals surface area contributed by atoms with E-state index in [2.05, 4.69) is 5.32 Å². The first-order chi connectivity index (χ1) is 9.70. The third-order valence-corrected chi connectivity index (χ3v) is 3.38. The summed E-state index contributed by atoms with van der Waals surface area (Å²) in [7, 11) is 0. The van der Waals surface area contributed by atoms with Crippen LogP contribution in [-0.2, 0) is 4.79 Å². The Kier molecular flexibility index (Phi) is 5.35. The van der Waals surface area contributed by atoms with E-state index in [1.807, 2.05) is 4.90 Å². The van der Waals surface area contributed by atoms with Gasteiger partial charge in [-0.1, -0.05) is 12.1 Å². The lowest BCUT2D eigenvalue weighted by Crippen LogP contribution is -2.33. The monoisotopic (exact) mass is 279 g/mol. The first-order valence-electron chi connectivity index (χ1n) is 7.19. The standard InChI is InChI=1S/C15H22FN3O/c16-13-4-1-2-5-14(13)19(10-3-9-17)11-8-15(20)18-12-6-7-12/h1-2,4-5,12H,3,6-11,17H2,(H,18,20). The molecule has 0 heterocycles. The van der Waals surface area contributed by atoms with Crippen molar-refractivity contribution in [1.82, 2.24) is 5.32 Å². The number of anilines is 1. The molecule has 4 nitrogen and oxygen atoms in total. The van der Waals surface area contributed by atoms with Gasteiger partial charge in [0.2, 0.25) is 5.91 Å². The number of hydrogen-bond donors (Lipinski definition) is 2. The third-order valence-electron chi connectivity index (χ3n) is 3.38. The van der Waals surface area contributed by atoms with Gasteiger partial charge in [0, 0.05) is 25.6 Å². The van der Waals surface area contributed by atoms with Crippen LogP contribution >= 0.6 is 0 Å². The molecule has 1 aliphatic carbocycles. The summed E-state index contributed by atoms with van der Waals surface area (Å²) < 4.78 is 13.8. The predicted molar refractivity (Wildman–Crippen MR) is 78.1 cm³/mol. The van der Waals surface area contributed by atoms with E-state index in [0.717, 1.165) is 19.3 Å². The minimum atomic E-state index is -0.257. The van der Waals surface area contributed by atoms with E-state index in [1.165, 1.54) is 6.07 Å². The molecule has 0 bridgehead atoms. The van der Waals surface area contributed by atoms with Gasteiger partial charge in [-0.3, -0.25) is 4.79 Å². The lowest BCUT2D eigenvalue weighted by atomic mass is 10.2. The second kappa shape index (κ2) is 7.24. The van der Waals surface area contributed by atoms with Gasteiger partial charge >= 0.3 is 0 Å². The minimum absolute atomic E-state index is 0.0431. The zero-order chi connectivity index (χ0) is 14.4. The van der Waals surface area contributed by atoms with Crippen LogP contribution in [-0.4, -0.2) is 31.6 Å². The SMILES string of the molecule is NCCCN(CCC(=O)NC1CC1)c1ccccc1F. The van der Waals surface area contributed by atoms with E-state index in [-0.39, 0.29) is 11.7 Å². The summed E-state index contributed by atoms with van der Waals surface area (Å²) in [6.45, 7) is 1.73. The van der Waals surface area contributed by atoms with Crippen molar-refractivity contribution >= 4 is 11.6 Å². The van der Waals surface area contributed by atoms with Gasteiger partial charge in [0.05, 0.1) is 5.69 Å². The normalized spacial score (nSPS) is 14.1. The number of nitrogens with zero attached hydrogens (tertiary/aromatic N) is 1. The fourth-order valence-corrected chi connectivity index (χ4v) is 2.11. The van der Waals surface area contributed by atoms with E-state index in [9.17, 15) is 9.18 Å². The van der Waals surface area contributed by atoms with Gasteiger partial charge in [-0.25, -0.2) is 4.39 Å². The van der Waals surface area contributed by atoms with Crippen molar-refractivity contribution < 1.29 is 9.18 Å². The van der Waals surface area contributed by atoms with Crippen LogP contribution in [0, 0.1) is 5.82 Å². The molecule has 1 aromatic rings. The molecule has 5 heteroatoms.